The van der Waals surface area contributed by atoms with E-state index in [-0.39, 0.29) is 6.04 Å². The fourth-order valence-corrected chi connectivity index (χ4v) is 2.71. The molecule has 0 radical (unpaired) electrons. The first-order valence-corrected chi connectivity index (χ1v) is 7.45. The lowest BCUT2D eigenvalue weighted by Gasteiger charge is -2.23. The van der Waals surface area contributed by atoms with Crippen LogP contribution in [0.4, 0.5) is 0 Å². The number of hydrogen-bond acceptors (Lipinski definition) is 3. The van der Waals surface area contributed by atoms with Crippen molar-refractivity contribution in [3.05, 3.63) is 0 Å². The molecule has 0 aromatic heterocycles. The molecule has 0 amide bonds. The maximum absolute atomic E-state index is 11.5. The van der Waals surface area contributed by atoms with Crippen molar-refractivity contribution >= 4 is 10.2 Å². The lowest BCUT2D eigenvalue weighted by atomic mass is 10.1. The Kier molecular flexibility index (Phi) is 5.68. The second-order valence-corrected chi connectivity index (χ2v) is 6.33. The first-order valence-electron chi connectivity index (χ1n) is 5.97. The summed E-state index contributed by atoms with van der Waals surface area (Å²) in [4.78, 5) is 0. The standard InChI is InChI=1S/C10H23N3O2S/c1-9(2)7-12-16(14,15)13-8-10-5-3-4-6-11-10/h9-13H,3-8H2,1-2H3. The van der Waals surface area contributed by atoms with Crippen LogP contribution in [-0.4, -0.2) is 34.1 Å². The highest BCUT2D eigenvalue weighted by Gasteiger charge is 2.16. The van der Waals surface area contributed by atoms with Gasteiger partial charge in [-0.05, 0) is 25.3 Å². The Hall–Kier alpha value is -0.170. The van der Waals surface area contributed by atoms with Gasteiger partial charge in [0.05, 0.1) is 0 Å². The van der Waals surface area contributed by atoms with Crippen LogP contribution >= 0.6 is 0 Å². The highest BCUT2D eigenvalue weighted by molar-refractivity contribution is 7.87. The number of piperidine rings is 1. The molecule has 0 aliphatic carbocycles. The Labute approximate surface area is 98.6 Å². The van der Waals surface area contributed by atoms with Crippen molar-refractivity contribution in [3.63, 3.8) is 0 Å². The maximum Gasteiger partial charge on any atom is 0.276 e. The van der Waals surface area contributed by atoms with Gasteiger partial charge < -0.3 is 5.32 Å². The molecule has 1 fully saturated rings. The van der Waals surface area contributed by atoms with Crippen LogP contribution < -0.4 is 14.8 Å². The Bertz CT molecular complexity index is 284. The van der Waals surface area contributed by atoms with Crippen LogP contribution in [0, 0.1) is 5.92 Å². The third-order valence-corrected chi connectivity index (χ3v) is 3.71. The van der Waals surface area contributed by atoms with Gasteiger partial charge in [0.25, 0.3) is 10.2 Å². The minimum atomic E-state index is -3.32. The van der Waals surface area contributed by atoms with Crippen LogP contribution in [0.3, 0.4) is 0 Å². The number of hydrogen-bond donors (Lipinski definition) is 3. The van der Waals surface area contributed by atoms with Gasteiger partial charge in [-0.2, -0.15) is 8.42 Å². The molecule has 0 bridgehead atoms. The Morgan fingerprint density at radius 3 is 2.62 bits per heavy atom. The van der Waals surface area contributed by atoms with E-state index in [9.17, 15) is 8.42 Å². The topological polar surface area (TPSA) is 70.2 Å². The van der Waals surface area contributed by atoms with Crippen LogP contribution in [-0.2, 0) is 10.2 Å². The molecule has 96 valence electrons. The van der Waals surface area contributed by atoms with Gasteiger partial charge in [0, 0.05) is 19.1 Å². The second-order valence-electron chi connectivity index (χ2n) is 4.74. The number of nitrogens with one attached hydrogen (secondary N) is 3. The van der Waals surface area contributed by atoms with Gasteiger partial charge in [0.1, 0.15) is 0 Å². The first kappa shape index (κ1) is 13.9. The van der Waals surface area contributed by atoms with Crippen molar-refractivity contribution in [1.29, 1.82) is 0 Å². The molecule has 0 aromatic rings. The molecule has 5 nitrogen and oxygen atoms in total. The molecule has 16 heavy (non-hydrogen) atoms. The van der Waals surface area contributed by atoms with E-state index in [0.717, 1.165) is 13.0 Å². The average Bonchev–Trinajstić information content (AvgIpc) is 2.26. The molecule has 1 unspecified atom stereocenters. The second kappa shape index (κ2) is 6.54. The van der Waals surface area contributed by atoms with Gasteiger partial charge in [-0.1, -0.05) is 20.3 Å². The van der Waals surface area contributed by atoms with Gasteiger partial charge >= 0.3 is 0 Å². The SMILES string of the molecule is CC(C)CNS(=O)(=O)NCC1CCCCN1. The van der Waals surface area contributed by atoms with Crippen molar-refractivity contribution in [3.8, 4) is 0 Å². The predicted octanol–water partition coefficient (Wildman–Crippen LogP) is 0.209. The van der Waals surface area contributed by atoms with Crippen LogP contribution in [0.5, 0.6) is 0 Å². The van der Waals surface area contributed by atoms with E-state index in [1.165, 1.54) is 12.8 Å². The highest BCUT2D eigenvalue weighted by Crippen LogP contribution is 2.05. The summed E-state index contributed by atoms with van der Waals surface area (Å²) in [6.45, 7) is 5.91. The molecule has 1 aliphatic rings. The molecule has 0 spiro atoms. The molecule has 1 heterocycles. The van der Waals surface area contributed by atoms with Crippen LogP contribution in [0.1, 0.15) is 33.1 Å². The molecule has 1 rings (SSSR count). The molecule has 1 saturated heterocycles. The summed E-state index contributed by atoms with van der Waals surface area (Å²) in [5.41, 5.74) is 0. The minimum absolute atomic E-state index is 0.282. The van der Waals surface area contributed by atoms with Crippen molar-refractivity contribution < 1.29 is 8.42 Å². The van der Waals surface area contributed by atoms with Crippen LogP contribution in [0.25, 0.3) is 0 Å². The van der Waals surface area contributed by atoms with Gasteiger partial charge in [-0.25, -0.2) is 9.44 Å². The largest absolute Gasteiger partial charge is 0.313 e. The van der Waals surface area contributed by atoms with E-state index in [4.69, 9.17) is 0 Å². The van der Waals surface area contributed by atoms with Crippen molar-refractivity contribution in [2.45, 2.75) is 39.2 Å². The zero-order valence-corrected chi connectivity index (χ0v) is 10.9. The molecule has 0 aromatic carbocycles. The lowest BCUT2D eigenvalue weighted by molar-refractivity contribution is 0.397. The Balaban J connectivity index is 2.24. The zero-order chi connectivity index (χ0) is 12.0. The molecule has 1 atom stereocenters. The van der Waals surface area contributed by atoms with Crippen molar-refractivity contribution in [1.82, 2.24) is 14.8 Å². The van der Waals surface area contributed by atoms with Crippen LogP contribution in [0.2, 0.25) is 0 Å². The van der Waals surface area contributed by atoms with E-state index in [0.29, 0.717) is 19.0 Å². The normalized spacial score (nSPS) is 22.6. The van der Waals surface area contributed by atoms with Crippen molar-refractivity contribution in [2.75, 3.05) is 19.6 Å². The average molecular weight is 249 g/mol. The van der Waals surface area contributed by atoms with E-state index in [2.05, 4.69) is 14.8 Å². The maximum atomic E-state index is 11.5. The van der Waals surface area contributed by atoms with Gasteiger partial charge in [0.15, 0.2) is 0 Å². The fraction of sp³-hybridized carbons (Fsp3) is 1.00. The van der Waals surface area contributed by atoms with Gasteiger partial charge in [-0.15, -0.1) is 0 Å². The van der Waals surface area contributed by atoms with E-state index < -0.39 is 10.2 Å². The molecular formula is C10H23N3O2S. The third-order valence-electron chi connectivity index (χ3n) is 2.61. The third kappa shape index (κ3) is 5.79. The van der Waals surface area contributed by atoms with E-state index in [1.54, 1.807) is 0 Å². The van der Waals surface area contributed by atoms with Gasteiger partial charge in [-0.3, -0.25) is 0 Å². The molecule has 1 aliphatic heterocycles. The van der Waals surface area contributed by atoms with Gasteiger partial charge in [0.2, 0.25) is 0 Å². The minimum Gasteiger partial charge on any atom is -0.313 e. The summed E-state index contributed by atoms with van der Waals surface area (Å²) < 4.78 is 28.2. The Morgan fingerprint density at radius 1 is 1.31 bits per heavy atom. The quantitative estimate of drug-likeness (QED) is 0.630. The summed E-state index contributed by atoms with van der Waals surface area (Å²) in [5.74, 6) is 0.324. The fourth-order valence-electron chi connectivity index (χ4n) is 1.64. The molecule has 3 N–H and O–H groups in total. The van der Waals surface area contributed by atoms with Crippen molar-refractivity contribution in [2.24, 2.45) is 5.92 Å². The lowest BCUT2D eigenvalue weighted by Crippen LogP contribution is -2.47. The summed E-state index contributed by atoms with van der Waals surface area (Å²) in [6.07, 6.45) is 3.42. The van der Waals surface area contributed by atoms with E-state index in [1.807, 2.05) is 13.8 Å². The number of rotatable bonds is 6. The summed E-state index contributed by atoms with van der Waals surface area (Å²) in [7, 11) is -3.32. The summed E-state index contributed by atoms with van der Waals surface area (Å²) in [6, 6.07) is 0.282. The first-order chi connectivity index (χ1) is 7.49. The monoisotopic (exact) mass is 249 g/mol. The Morgan fingerprint density at radius 2 is 2.06 bits per heavy atom. The molecule has 0 saturated carbocycles. The highest BCUT2D eigenvalue weighted by atomic mass is 32.2. The summed E-state index contributed by atoms with van der Waals surface area (Å²) >= 11 is 0. The van der Waals surface area contributed by atoms with Crippen LogP contribution in [0.15, 0.2) is 0 Å². The predicted molar refractivity (Wildman–Crippen MR) is 65.4 cm³/mol. The smallest absolute Gasteiger partial charge is 0.276 e. The van der Waals surface area contributed by atoms with E-state index >= 15 is 0 Å². The molecular weight excluding hydrogens is 226 g/mol. The molecule has 6 heteroatoms. The zero-order valence-electron chi connectivity index (χ0n) is 10.1. The summed E-state index contributed by atoms with van der Waals surface area (Å²) in [5, 5.41) is 3.30.